The summed E-state index contributed by atoms with van der Waals surface area (Å²) in [5, 5.41) is 7.72. The van der Waals surface area contributed by atoms with E-state index in [1.54, 1.807) is 4.68 Å². The molecular formula is C12H23N5S. The van der Waals surface area contributed by atoms with E-state index in [9.17, 15) is 0 Å². The summed E-state index contributed by atoms with van der Waals surface area (Å²) in [6.45, 7) is 10.2. The fraction of sp³-hybridized carbons (Fsp3) is 0.667. The first-order valence-electron chi connectivity index (χ1n) is 6.30. The van der Waals surface area contributed by atoms with Crippen LogP contribution in [0.25, 0.3) is 0 Å². The zero-order chi connectivity index (χ0) is 13.7. The average Bonchev–Trinajstić information content (AvgIpc) is 2.59. The number of nitrogens with two attached hydrogens (primary N) is 1. The summed E-state index contributed by atoms with van der Waals surface area (Å²) in [6, 6.07) is 0. The highest BCUT2D eigenvalue weighted by Gasteiger charge is 2.15. The molecule has 0 aliphatic heterocycles. The number of nitrogens with zero attached hydrogens (tertiary/aromatic N) is 3. The van der Waals surface area contributed by atoms with Crippen molar-refractivity contribution in [1.82, 2.24) is 14.7 Å². The van der Waals surface area contributed by atoms with E-state index in [1.165, 1.54) is 0 Å². The smallest absolute Gasteiger partial charge is 0.134 e. The molecule has 1 aromatic heterocycles. The van der Waals surface area contributed by atoms with Crippen LogP contribution in [-0.4, -0.2) is 45.8 Å². The first-order valence-corrected chi connectivity index (χ1v) is 6.71. The Morgan fingerprint density at radius 2 is 2.06 bits per heavy atom. The number of likely N-dealkylation sites (N-methyl/N-ethyl adjacent to an activating group) is 1. The first-order chi connectivity index (χ1) is 8.51. The highest BCUT2D eigenvalue weighted by Crippen LogP contribution is 2.18. The number of rotatable bonds is 7. The number of thiocarbonyl (C=S) groups is 1. The Kier molecular flexibility index (Phi) is 5.55. The Bertz CT molecular complexity index is 409. The summed E-state index contributed by atoms with van der Waals surface area (Å²) in [6.07, 6.45) is 0. The fourth-order valence-corrected chi connectivity index (χ4v) is 2.27. The molecule has 0 aromatic carbocycles. The summed E-state index contributed by atoms with van der Waals surface area (Å²) < 4.78 is 1.80. The third kappa shape index (κ3) is 3.43. The second-order valence-electron chi connectivity index (χ2n) is 4.25. The van der Waals surface area contributed by atoms with E-state index in [4.69, 9.17) is 18.0 Å². The Morgan fingerprint density at radius 1 is 1.44 bits per heavy atom. The number of nitrogens with one attached hydrogen (secondary N) is 1. The monoisotopic (exact) mass is 269 g/mol. The van der Waals surface area contributed by atoms with Crippen molar-refractivity contribution < 1.29 is 0 Å². The molecule has 0 saturated heterocycles. The molecule has 0 spiro atoms. The molecule has 5 nitrogen and oxygen atoms in total. The van der Waals surface area contributed by atoms with Gasteiger partial charge in [0, 0.05) is 20.1 Å². The van der Waals surface area contributed by atoms with Crippen LogP contribution in [0.1, 0.15) is 25.1 Å². The highest BCUT2D eigenvalue weighted by molar-refractivity contribution is 7.80. The van der Waals surface area contributed by atoms with Crippen molar-refractivity contribution in [3.8, 4) is 0 Å². The van der Waals surface area contributed by atoms with E-state index in [-0.39, 0.29) is 0 Å². The van der Waals surface area contributed by atoms with Crippen LogP contribution in [0, 0.1) is 6.92 Å². The van der Waals surface area contributed by atoms with Gasteiger partial charge in [0.1, 0.15) is 10.8 Å². The molecule has 0 atom stereocenters. The van der Waals surface area contributed by atoms with Gasteiger partial charge in [0.05, 0.1) is 11.3 Å². The second-order valence-corrected chi connectivity index (χ2v) is 4.69. The Morgan fingerprint density at radius 3 is 2.56 bits per heavy atom. The zero-order valence-corrected chi connectivity index (χ0v) is 12.5. The zero-order valence-electron chi connectivity index (χ0n) is 11.7. The van der Waals surface area contributed by atoms with Gasteiger partial charge in [-0.15, -0.1) is 0 Å². The summed E-state index contributed by atoms with van der Waals surface area (Å²) in [7, 11) is 1.90. The molecule has 0 amide bonds. The van der Waals surface area contributed by atoms with Crippen molar-refractivity contribution in [3.63, 3.8) is 0 Å². The molecule has 102 valence electrons. The van der Waals surface area contributed by atoms with Gasteiger partial charge in [-0.3, -0.25) is 4.68 Å². The highest BCUT2D eigenvalue weighted by atomic mass is 32.1. The minimum absolute atomic E-state index is 0.394. The van der Waals surface area contributed by atoms with Crippen molar-refractivity contribution in [3.05, 3.63) is 11.3 Å². The molecule has 18 heavy (non-hydrogen) atoms. The number of aryl methyl sites for hydroxylation is 2. The lowest BCUT2D eigenvalue weighted by atomic mass is 10.2. The van der Waals surface area contributed by atoms with Crippen LogP contribution in [0.15, 0.2) is 0 Å². The third-order valence-electron chi connectivity index (χ3n) is 3.08. The maximum Gasteiger partial charge on any atom is 0.134 e. The lowest BCUT2D eigenvalue weighted by molar-refractivity contribution is 0.316. The molecule has 1 rings (SSSR count). The van der Waals surface area contributed by atoms with Crippen LogP contribution in [0.3, 0.4) is 0 Å². The lowest BCUT2D eigenvalue weighted by Gasteiger charge is -2.18. The molecule has 0 bridgehead atoms. The topological polar surface area (TPSA) is 59.1 Å². The second kappa shape index (κ2) is 6.70. The van der Waals surface area contributed by atoms with Crippen LogP contribution in [0.2, 0.25) is 0 Å². The third-order valence-corrected chi connectivity index (χ3v) is 3.29. The van der Waals surface area contributed by atoms with E-state index < -0.39 is 0 Å². The number of aromatic nitrogens is 2. The van der Waals surface area contributed by atoms with Gasteiger partial charge in [-0.25, -0.2) is 0 Å². The van der Waals surface area contributed by atoms with Gasteiger partial charge in [0.25, 0.3) is 0 Å². The van der Waals surface area contributed by atoms with Gasteiger partial charge in [0.15, 0.2) is 0 Å². The van der Waals surface area contributed by atoms with Crippen LogP contribution >= 0.6 is 12.2 Å². The van der Waals surface area contributed by atoms with E-state index in [0.717, 1.165) is 43.3 Å². The van der Waals surface area contributed by atoms with Gasteiger partial charge in [-0.1, -0.05) is 26.1 Å². The molecule has 6 heteroatoms. The molecule has 0 aliphatic rings. The maximum atomic E-state index is 5.74. The number of anilines is 1. The summed E-state index contributed by atoms with van der Waals surface area (Å²) in [5.74, 6) is 0.909. The van der Waals surface area contributed by atoms with Gasteiger partial charge in [-0.2, -0.15) is 5.10 Å². The largest absolute Gasteiger partial charge is 0.389 e. The van der Waals surface area contributed by atoms with Crippen LogP contribution in [0.4, 0.5) is 5.82 Å². The Labute approximate surface area is 114 Å². The molecule has 0 fully saturated rings. The summed E-state index contributed by atoms with van der Waals surface area (Å²) >= 11 is 5.07. The molecular weight excluding hydrogens is 246 g/mol. The lowest BCUT2D eigenvalue weighted by Crippen LogP contribution is -2.29. The van der Waals surface area contributed by atoms with Crippen molar-refractivity contribution in [2.24, 2.45) is 12.8 Å². The minimum atomic E-state index is 0.394. The van der Waals surface area contributed by atoms with Gasteiger partial charge in [0.2, 0.25) is 0 Å². The van der Waals surface area contributed by atoms with Crippen LogP contribution in [0.5, 0.6) is 0 Å². The summed E-state index contributed by atoms with van der Waals surface area (Å²) in [4.78, 5) is 2.75. The predicted molar refractivity (Wildman–Crippen MR) is 80.1 cm³/mol. The van der Waals surface area contributed by atoms with E-state index >= 15 is 0 Å². The van der Waals surface area contributed by atoms with Crippen molar-refractivity contribution >= 4 is 23.0 Å². The normalized spacial score (nSPS) is 10.9. The van der Waals surface area contributed by atoms with Crippen molar-refractivity contribution in [1.29, 1.82) is 0 Å². The number of hydrogen-bond acceptors (Lipinski definition) is 4. The van der Waals surface area contributed by atoms with Gasteiger partial charge >= 0.3 is 0 Å². The summed E-state index contributed by atoms with van der Waals surface area (Å²) in [5.41, 5.74) is 7.46. The average molecular weight is 269 g/mol. The van der Waals surface area contributed by atoms with Gasteiger partial charge in [-0.05, 0) is 20.0 Å². The fourth-order valence-electron chi connectivity index (χ4n) is 2.03. The first kappa shape index (κ1) is 14.9. The van der Waals surface area contributed by atoms with Gasteiger partial charge < -0.3 is 16.0 Å². The molecule has 1 aromatic rings. The molecule has 0 radical (unpaired) electrons. The van der Waals surface area contributed by atoms with Crippen molar-refractivity contribution in [2.75, 3.05) is 31.5 Å². The van der Waals surface area contributed by atoms with E-state index in [0.29, 0.717) is 4.99 Å². The predicted octanol–water partition coefficient (Wildman–Crippen LogP) is 1.12. The quantitative estimate of drug-likeness (QED) is 0.726. The molecule has 0 saturated carbocycles. The molecule has 3 N–H and O–H groups in total. The maximum absolute atomic E-state index is 5.74. The number of hydrogen-bond donors (Lipinski definition) is 2. The van der Waals surface area contributed by atoms with Crippen molar-refractivity contribution in [2.45, 2.75) is 20.8 Å². The van der Waals surface area contributed by atoms with Crippen LogP contribution < -0.4 is 11.1 Å². The van der Waals surface area contributed by atoms with E-state index in [1.807, 2.05) is 14.0 Å². The van der Waals surface area contributed by atoms with E-state index in [2.05, 4.69) is 29.2 Å². The minimum Gasteiger partial charge on any atom is -0.389 e. The van der Waals surface area contributed by atoms with Crippen LogP contribution in [-0.2, 0) is 7.05 Å². The molecule has 0 aliphatic carbocycles. The molecule has 0 unspecified atom stereocenters. The Hall–Kier alpha value is -1.14. The molecule has 1 heterocycles. The standard InChI is InChI=1S/C12H23N5S/c1-5-17(6-2)8-7-14-12-10(11(13)18)9(3)15-16(12)4/h14H,5-8H2,1-4H3,(H2,13,18). The Balaban J connectivity index is 2.70. The SMILES string of the molecule is CCN(CC)CCNc1c(C(N)=S)c(C)nn1C.